The van der Waals surface area contributed by atoms with E-state index in [-0.39, 0.29) is 9.92 Å². The van der Waals surface area contributed by atoms with Gasteiger partial charge < -0.3 is 0 Å². The third-order valence-corrected chi connectivity index (χ3v) is 5.96. The zero-order valence-electron chi connectivity index (χ0n) is 12.8. The number of benzene rings is 2. The molecule has 3 nitrogen and oxygen atoms in total. The van der Waals surface area contributed by atoms with Gasteiger partial charge in [0.15, 0.2) is 0 Å². The highest BCUT2D eigenvalue weighted by atomic mass is 35.5. The Balaban J connectivity index is 2.62. The molecule has 0 saturated heterocycles. The van der Waals surface area contributed by atoms with Crippen molar-refractivity contribution in [2.24, 2.45) is 0 Å². The van der Waals surface area contributed by atoms with Gasteiger partial charge in [0.2, 0.25) is 0 Å². The van der Waals surface area contributed by atoms with Crippen LogP contribution in [-0.4, -0.2) is 15.5 Å². The van der Waals surface area contributed by atoms with Gasteiger partial charge in [-0.05, 0) is 50.1 Å². The van der Waals surface area contributed by atoms with E-state index in [1.165, 1.54) is 23.5 Å². The summed E-state index contributed by atoms with van der Waals surface area (Å²) in [5.74, 6) is 0. The highest BCUT2D eigenvalue weighted by molar-refractivity contribution is 7.93. The Morgan fingerprint density at radius 2 is 1.50 bits per heavy atom. The highest BCUT2D eigenvalue weighted by Gasteiger charge is 2.26. The second kappa shape index (κ2) is 6.11. The molecule has 0 N–H and O–H groups in total. The number of sulfonamides is 1. The average Bonchev–Trinajstić information content (AvgIpc) is 2.40. The van der Waals surface area contributed by atoms with E-state index >= 15 is 0 Å². The van der Waals surface area contributed by atoms with Crippen LogP contribution in [-0.2, 0) is 10.0 Å². The average molecular weight is 358 g/mol. The molecule has 2 aromatic carbocycles. The van der Waals surface area contributed by atoms with Gasteiger partial charge in [0, 0.05) is 12.1 Å². The molecule has 118 valence electrons. The first-order valence-electron chi connectivity index (χ1n) is 6.66. The molecule has 0 atom stereocenters. The van der Waals surface area contributed by atoms with Crippen molar-refractivity contribution in [1.82, 2.24) is 0 Å². The fourth-order valence-electron chi connectivity index (χ4n) is 2.61. The summed E-state index contributed by atoms with van der Waals surface area (Å²) in [5.41, 5.74) is 3.52. The minimum Gasteiger partial charge on any atom is -0.269 e. The summed E-state index contributed by atoms with van der Waals surface area (Å²) in [6, 6.07) is 8.32. The standard InChI is InChI=1S/C16H17Cl2NO2S/c1-10-7-11(2)16(12(3)8-10)19(4)22(20,21)15-9-13(17)5-6-14(15)18/h5-9H,1-4H3. The Bertz CT molecular complexity index is 809. The molecule has 2 aromatic rings. The molecule has 0 bridgehead atoms. The molecule has 0 amide bonds. The topological polar surface area (TPSA) is 37.4 Å². The van der Waals surface area contributed by atoms with Crippen LogP contribution in [0.4, 0.5) is 5.69 Å². The van der Waals surface area contributed by atoms with Crippen LogP contribution in [0, 0.1) is 20.8 Å². The molecule has 0 aliphatic heterocycles. The zero-order valence-corrected chi connectivity index (χ0v) is 15.1. The SMILES string of the molecule is Cc1cc(C)c(N(C)S(=O)(=O)c2cc(Cl)ccc2Cl)c(C)c1. The van der Waals surface area contributed by atoms with Crippen LogP contribution >= 0.6 is 23.2 Å². The van der Waals surface area contributed by atoms with E-state index in [1.807, 2.05) is 32.9 Å². The van der Waals surface area contributed by atoms with Crippen molar-refractivity contribution in [3.05, 3.63) is 57.1 Å². The fourth-order valence-corrected chi connectivity index (χ4v) is 4.67. The highest BCUT2D eigenvalue weighted by Crippen LogP contribution is 2.33. The predicted octanol–water partition coefficient (Wildman–Crippen LogP) is 4.74. The Kier molecular flexibility index (Phi) is 4.76. The van der Waals surface area contributed by atoms with Crippen molar-refractivity contribution in [3.63, 3.8) is 0 Å². The first-order valence-corrected chi connectivity index (χ1v) is 8.86. The molecule has 0 fully saturated rings. The summed E-state index contributed by atoms with van der Waals surface area (Å²) >= 11 is 12.0. The van der Waals surface area contributed by atoms with Gasteiger partial charge in [-0.25, -0.2) is 8.42 Å². The van der Waals surface area contributed by atoms with E-state index in [2.05, 4.69) is 0 Å². The summed E-state index contributed by atoms with van der Waals surface area (Å²) in [6.07, 6.45) is 0. The van der Waals surface area contributed by atoms with E-state index < -0.39 is 10.0 Å². The maximum absolute atomic E-state index is 12.9. The van der Waals surface area contributed by atoms with Gasteiger partial charge in [0.25, 0.3) is 10.0 Å². The first kappa shape index (κ1) is 17.1. The summed E-state index contributed by atoms with van der Waals surface area (Å²) < 4.78 is 27.0. The molecule has 6 heteroatoms. The summed E-state index contributed by atoms with van der Waals surface area (Å²) in [7, 11) is -2.26. The van der Waals surface area contributed by atoms with Gasteiger partial charge in [-0.15, -0.1) is 0 Å². The third kappa shape index (κ3) is 3.09. The van der Waals surface area contributed by atoms with Gasteiger partial charge in [-0.3, -0.25) is 4.31 Å². The normalized spacial score (nSPS) is 11.5. The molecule has 0 spiro atoms. The molecule has 0 aromatic heterocycles. The molecule has 0 unspecified atom stereocenters. The van der Waals surface area contributed by atoms with E-state index in [4.69, 9.17) is 23.2 Å². The Morgan fingerprint density at radius 1 is 0.955 bits per heavy atom. The number of hydrogen-bond acceptors (Lipinski definition) is 2. The van der Waals surface area contributed by atoms with Gasteiger partial charge in [-0.1, -0.05) is 40.9 Å². The molecule has 22 heavy (non-hydrogen) atoms. The van der Waals surface area contributed by atoms with E-state index in [0.29, 0.717) is 10.7 Å². The molecule has 0 radical (unpaired) electrons. The maximum Gasteiger partial charge on any atom is 0.265 e. The van der Waals surface area contributed by atoms with E-state index in [1.54, 1.807) is 6.07 Å². The lowest BCUT2D eigenvalue weighted by Crippen LogP contribution is -2.28. The van der Waals surface area contributed by atoms with E-state index in [0.717, 1.165) is 16.7 Å². The Morgan fingerprint density at radius 3 is 2.05 bits per heavy atom. The third-order valence-electron chi connectivity index (χ3n) is 3.48. The number of anilines is 1. The van der Waals surface area contributed by atoms with Crippen LogP contribution in [0.15, 0.2) is 35.2 Å². The molecule has 0 heterocycles. The van der Waals surface area contributed by atoms with Crippen molar-refractivity contribution in [2.45, 2.75) is 25.7 Å². The van der Waals surface area contributed by atoms with Gasteiger partial charge >= 0.3 is 0 Å². The fraction of sp³-hybridized carbons (Fsp3) is 0.250. The number of halogens is 2. The molecule has 0 aliphatic rings. The molecule has 0 aliphatic carbocycles. The van der Waals surface area contributed by atoms with Crippen molar-refractivity contribution >= 4 is 38.9 Å². The predicted molar refractivity (Wildman–Crippen MR) is 92.7 cm³/mol. The zero-order chi connectivity index (χ0) is 16.7. The number of rotatable bonds is 3. The van der Waals surface area contributed by atoms with Gasteiger partial charge in [0.1, 0.15) is 4.90 Å². The van der Waals surface area contributed by atoms with Crippen molar-refractivity contribution in [1.29, 1.82) is 0 Å². The number of nitrogens with zero attached hydrogens (tertiary/aromatic N) is 1. The largest absolute Gasteiger partial charge is 0.269 e. The minimum atomic E-state index is -3.79. The smallest absolute Gasteiger partial charge is 0.265 e. The maximum atomic E-state index is 12.9. The van der Waals surface area contributed by atoms with Crippen molar-refractivity contribution in [2.75, 3.05) is 11.4 Å². The molecule has 0 saturated carbocycles. The summed E-state index contributed by atoms with van der Waals surface area (Å²) in [4.78, 5) is 0.00328. The molecule has 2 rings (SSSR count). The first-order chi connectivity index (χ1) is 10.1. The lowest BCUT2D eigenvalue weighted by atomic mass is 10.1. The second-order valence-corrected chi connectivity index (χ2v) is 8.08. The van der Waals surface area contributed by atoms with Crippen molar-refractivity contribution in [3.8, 4) is 0 Å². The minimum absolute atomic E-state index is 0.00328. The molecular weight excluding hydrogens is 341 g/mol. The van der Waals surface area contributed by atoms with Crippen LogP contribution in [0.25, 0.3) is 0 Å². The Hall–Kier alpha value is -1.23. The monoisotopic (exact) mass is 357 g/mol. The van der Waals surface area contributed by atoms with Crippen LogP contribution in [0.5, 0.6) is 0 Å². The Labute approximate surface area is 141 Å². The van der Waals surface area contributed by atoms with Crippen LogP contribution in [0.1, 0.15) is 16.7 Å². The summed E-state index contributed by atoms with van der Waals surface area (Å²) in [6.45, 7) is 5.76. The lowest BCUT2D eigenvalue weighted by molar-refractivity contribution is 0.594. The summed E-state index contributed by atoms with van der Waals surface area (Å²) in [5, 5.41) is 0.479. The number of hydrogen-bond donors (Lipinski definition) is 0. The molecular formula is C16H17Cl2NO2S. The van der Waals surface area contributed by atoms with Crippen molar-refractivity contribution < 1.29 is 8.42 Å². The lowest BCUT2D eigenvalue weighted by Gasteiger charge is -2.24. The number of aryl methyl sites for hydroxylation is 3. The van der Waals surface area contributed by atoms with Gasteiger partial charge in [-0.2, -0.15) is 0 Å². The van der Waals surface area contributed by atoms with E-state index in [9.17, 15) is 8.42 Å². The van der Waals surface area contributed by atoms with Gasteiger partial charge in [0.05, 0.1) is 10.7 Å². The second-order valence-electron chi connectivity index (χ2n) is 5.29. The van der Waals surface area contributed by atoms with Crippen LogP contribution < -0.4 is 4.31 Å². The van der Waals surface area contributed by atoms with Crippen LogP contribution in [0.3, 0.4) is 0 Å². The quantitative estimate of drug-likeness (QED) is 0.795. The van der Waals surface area contributed by atoms with Crippen LogP contribution in [0.2, 0.25) is 10.0 Å².